The fraction of sp³-hybridized carbons (Fsp3) is 0.438. The van der Waals surface area contributed by atoms with E-state index in [1.165, 1.54) is 41.8 Å². The second-order valence-electron chi connectivity index (χ2n) is 11.4. The number of aryl methyl sites for hydroxylation is 1. The number of nitrogens with two attached hydrogens (primary N) is 1. The number of ether oxygens (including phenoxy) is 2. The Morgan fingerprint density at radius 3 is 2.70 bits per heavy atom. The van der Waals surface area contributed by atoms with E-state index in [1.54, 1.807) is 0 Å². The van der Waals surface area contributed by atoms with E-state index in [2.05, 4.69) is 33.1 Å². The second-order valence-corrected chi connectivity index (χ2v) is 12.4. The van der Waals surface area contributed by atoms with Gasteiger partial charge in [-0.2, -0.15) is 0 Å². The number of hydrogen-bond acceptors (Lipinski definition) is 9. The standard InChI is InChI=1S/C32H36FN5O4S/c1-41-18-42-28-17-35-26(16-25(28)33)20-7-5-19(6-8-20)23(11-14-38-12-9-22(39)10-13-38)24-4-2-3-21-15-27-31(37-29(21)24)43-32(36-27)30(34)40/h5-8,15-17,22-24,39H,2-4,9-14,18H2,1H3,(H2,34,40)/t23-,24?/m0/s1. The molecule has 43 heavy (non-hydrogen) atoms. The van der Waals surface area contributed by atoms with E-state index in [1.807, 2.05) is 12.1 Å². The van der Waals surface area contributed by atoms with Gasteiger partial charge in [0.15, 0.2) is 23.4 Å². The normalized spacial score (nSPS) is 18.4. The van der Waals surface area contributed by atoms with Crippen molar-refractivity contribution in [3.8, 4) is 17.0 Å². The van der Waals surface area contributed by atoms with Crippen LogP contribution in [0.15, 0.2) is 42.6 Å². The second kappa shape index (κ2) is 13.0. The molecule has 9 nitrogen and oxygen atoms in total. The average Bonchev–Trinajstić information content (AvgIpc) is 3.44. The van der Waals surface area contributed by atoms with Crippen LogP contribution in [-0.2, 0) is 11.2 Å². The van der Waals surface area contributed by atoms with Gasteiger partial charge in [-0.15, -0.1) is 0 Å². The highest BCUT2D eigenvalue weighted by molar-refractivity contribution is 7.19. The Hall–Kier alpha value is -3.51. The molecule has 2 atom stereocenters. The van der Waals surface area contributed by atoms with Crippen LogP contribution in [0.3, 0.4) is 0 Å². The third-order valence-corrected chi connectivity index (χ3v) is 9.58. The summed E-state index contributed by atoms with van der Waals surface area (Å²) in [5, 5.41) is 10.3. The first-order chi connectivity index (χ1) is 20.9. The van der Waals surface area contributed by atoms with Crippen molar-refractivity contribution in [2.24, 2.45) is 5.73 Å². The van der Waals surface area contributed by atoms with Crippen molar-refractivity contribution in [2.45, 2.75) is 56.5 Å². The van der Waals surface area contributed by atoms with E-state index in [0.717, 1.165) is 79.8 Å². The molecule has 0 radical (unpaired) electrons. The van der Waals surface area contributed by atoms with Crippen LogP contribution in [0.1, 0.15) is 70.6 Å². The lowest BCUT2D eigenvalue weighted by Crippen LogP contribution is -2.37. The van der Waals surface area contributed by atoms with Crippen LogP contribution in [0, 0.1) is 5.82 Å². The molecule has 4 aromatic rings. The van der Waals surface area contributed by atoms with Gasteiger partial charge in [0, 0.05) is 43.4 Å². The molecule has 1 saturated heterocycles. The predicted octanol–water partition coefficient (Wildman–Crippen LogP) is 5.02. The number of aromatic nitrogens is 3. The van der Waals surface area contributed by atoms with Crippen molar-refractivity contribution < 1.29 is 23.8 Å². The molecule has 2 aliphatic rings. The van der Waals surface area contributed by atoms with E-state index in [0.29, 0.717) is 5.69 Å². The van der Waals surface area contributed by atoms with Gasteiger partial charge in [0.2, 0.25) is 0 Å². The maximum absolute atomic E-state index is 14.6. The van der Waals surface area contributed by atoms with Gasteiger partial charge in [0.25, 0.3) is 5.91 Å². The van der Waals surface area contributed by atoms with Gasteiger partial charge in [-0.05, 0) is 68.2 Å². The van der Waals surface area contributed by atoms with Crippen LogP contribution in [0.2, 0.25) is 0 Å². The summed E-state index contributed by atoms with van der Waals surface area (Å²) in [4.78, 5) is 28.9. The Morgan fingerprint density at radius 2 is 1.98 bits per heavy atom. The number of fused-ring (bicyclic) bond motifs is 2. The number of thiazole rings is 1. The van der Waals surface area contributed by atoms with Crippen molar-refractivity contribution in [1.29, 1.82) is 0 Å². The lowest BCUT2D eigenvalue weighted by molar-refractivity contribution is 0.0480. The van der Waals surface area contributed by atoms with Gasteiger partial charge in [0.05, 0.1) is 18.0 Å². The molecular formula is C32H36FN5O4S. The molecule has 226 valence electrons. The average molecular weight is 606 g/mol. The predicted molar refractivity (Wildman–Crippen MR) is 163 cm³/mol. The summed E-state index contributed by atoms with van der Waals surface area (Å²) in [6.07, 6.45) is 6.69. The third-order valence-electron chi connectivity index (χ3n) is 8.61. The summed E-state index contributed by atoms with van der Waals surface area (Å²) in [6, 6.07) is 11.7. The number of carbonyl (C=O) groups excluding carboxylic acids is 1. The van der Waals surface area contributed by atoms with Crippen molar-refractivity contribution in [2.75, 3.05) is 33.5 Å². The summed E-state index contributed by atoms with van der Waals surface area (Å²) in [7, 11) is 1.48. The summed E-state index contributed by atoms with van der Waals surface area (Å²) < 4.78 is 24.7. The van der Waals surface area contributed by atoms with Gasteiger partial charge < -0.3 is 25.2 Å². The first kappa shape index (κ1) is 29.6. The highest BCUT2D eigenvalue weighted by Gasteiger charge is 2.32. The monoisotopic (exact) mass is 605 g/mol. The zero-order valence-electron chi connectivity index (χ0n) is 24.2. The number of pyridine rings is 2. The van der Waals surface area contributed by atoms with Gasteiger partial charge in [-0.1, -0.05) is 35.6 Å². The number of benzene rings is 1. The fourth-order valence-electron chi connectivity index (χ4n) is 6.36. The first-order valence-corrected chi connectivity index (χ1v) is 15.6. The number of methoxy groups -OCH3 is 1. The summed E-state index contributed by atoms with van der Waals surface area (Å²) >= 11 is 1.25. The van der Waals surface area contributed by atoms with Crippen LogP contribution < -0.4 is 10.5 Å². The quantitative estimate of drug-likeness (QED) is 0.242. The Bertz CT molecular complexity index is 1590. The Balaban J connectivity index is 1.30. The van der Waals surface area contributed by atoms with E-state index < -0.39 is 11.7 Å². The number of hydrogen-bond donors (Lipinski definition) is 2. The summed E-state index contributed by atoms with van der Waals surface area (Å²) in [6.45, 7) is 2.66. The zero-order valence-corrected chi connectivity index (χ0v) is 25.0. The van der Waals surface area contributed by atoms with Gasteiger partial charge in [-0.25, -0.2) is 14.4 Å². The largest absolute Gasteiger partial charge is 0.463 e. The molecule has 0 bridgehead atoms. The number of aliphatic hydroxyl groups is 1. The molecule has 1 aliphatic heterocycles. The van der Waals surface area contributed by atoms with Gasteiger partial charge in [0.1, 0.15) is 10.3 Å². The first-order valence-electron chi connectivity index (χ1n) is 14.8. The maximum atomic E-state index is 14.6. The molecule has 4 heterocycles. The Labute approximate surface area is 253 Å². The molecule has 1 unspecified atom stereocenters. The van der Waals surface area contributed by atoms with Gasteiger partial charge in [-0.3, -0.25) is 9.78 Å². The van der Waals surface area contributed by atoms with E-state index in [-0.39, 0.29) is 35.5 Å². The third kappa shape index (κ3) is 6.54. The minimum absolute atomic E-state index is 0.0496. The van der Waals surface area contributed by atoms with Crippen molar-refractivity contribution >= 4 is 27.6 Å². The minimum Gasteiger partial charge on any atom is -0.463 e. The zero-order chi connectivity index (χ0) is 29.9. The van der Waals surface area contributed by atoms with Crippen LogP contribution >= 0.6 is 11.3 Å². The molecule has 3 N–H and O–H groups in total. The molecular weight excluding hydrogens is 569 g/mol. The topological polar surface area (TPSA) is 124 Å². The number of likely N-dealkylation sites (tertiary alicyclic amines) is 1. The van der Waals surface area contributed by atoms with Crippen LogP contribution in [0.5, 0.6) is 5.75 Å². The molecule has 11 heteroatoms. The fourth-order valence-corrected chi connectivity index (χ4v) is 7.14. The lowest BCUT2D eigenvalue weighted by atomic mass is 9.74. The number of primary amides is 1. The van der Waals surface area contributed by atoms with Crippen LogP contribution in [0.25, 0.3) is 21.6 Å². The number of nitrogens with zero attached hydrogens (tertiary/aromatic N) is 4. The van der Waals surface area contributed by atoms with Crippen molar-refractivity contribution in [3.05, 3.63) is 70.2 Å². The number of aliphatic hydroxyl groups excluding tert-OH is 1. The smallest absolute Gasteiger partial charge is 0.277 e. The molecule has 1 amide bonds. The maximum Gasteiger partial charge on any atom is 0.277 e. The molecule has 1 aromatic carbocycles. The molecule has 6 rings (SSSR count). The Morgan fingerprint density at radius 1 is 1.19 bits per heavy atom. The molecule has 1 fully saturated rings. The number of carbonyl (C=O) groups is 1. The minimum atomic E-state index is -0.534. The van der Waals surface area contributed by atoms with Crippen LogP contribution in [0.4, 0.5) is 4.39 Å². The number of halogens is 1. The van der Waals surface area contributed by atoms with E-state index in [4.69, 9.17) is 20.2 Å². The molecule has 3 aromatic heterocycles. The number of piperidine rings is 1. The summed E-state index contributed by atoms with van der Waals surface area (Å²) in [5.74, 6) is -0.582. The summed E-state index contributed by atoms with van der Waals surface area (Å²) in [5.41, 5.74) is 11.0. The Kier molecular flexibility index (Phi) is 8.94. The lowest BCUT2D eigenvalue weighted by Gasteiger charge is -2.35. The highest BCUT2D eigenvalue weighted by atomic mass is 32.1. The molecule has 0 saturated carbocycles. The van der Waals surface area contributed by atoms with E-state index in [9.17, 15) is 14.3 Å². The molecule has 0 spiro atoms. The van der Waals surface area contributed by atoms with Gasteiger partial charge >= 0.3 is 0 Å². The van der Waals surface area contributed by atoms with Crippen LogP contribution in [-0.4, -0.2) is 70.5 Å². The number of amides is 1. The van der Waals surface area contributed by atoms with Crippen molar-refractivity contribution in [3.63, 3.8) is 0 Å². The van der Waals surface area contributed by atoms with E-state index >= 15 is 0 Å². The SMILES string of the molecule is COCOc1cnc(-c2ccc([C@H](CCN3CCC(O)CC3)C3CCCc4cc5nc(C(N)=O)sc5nc43)cc2)cc1F. The van der Waals surface area contributed by atoms with Crippen molar-refractivity contribution in [1.82, 2.24) is 19.9 Å². The number of rotatable bonds is 10. The highest BCUT2D eigenvalue weighted by Crippen LogP contribution is 2.44. The molecule has 1 aliphatic carbocycles.